The minimum absolute atomic E-state index is 0.0167. The topological polar surface area (TPSA) is 33.0 Å². The van der Waals surface area contributed by atoms with Crippen molar-refractivity contribution < 1.29 is 22.3 Å². The van der Waals surface area contributed by atoms with Crippen LogP contribution in [0.25, 0.3) is 11.1 Å². The Morgan fingerprint density at radius 1 is 1.10 bits per heavy atom. The van der Waals surface area contributed by atoms with Crippen LogP contribution in [0.2, 0.25) is 5.02 Å². The summed E-state index contributed by atoms with van der Waals surface area (Å²) in [5, 5.41) is 8.88. The Balaban J connectivity index is 2.53. The minimum Gasteiger partial charge on any atom is -0.406 e. The predicted molar refractivity (Wildman–Crippen MR) is 68.2 cm³/mol. The number of nitrogens with zero attached hydrogens (tertiary/aromatic N) is 1. The van der Waals surface area contributed by atoms with Gasteiger partial charge in [0.05, 0.1) is 16.7 Å². The first-order chi connectivity index (χ1) is 9.78. The smallest absolute Gasteiger partial charge is 0.406 e. The Bertz CT molecular complexity index is 722. The molecule has 0 fully saturated rings. The Kier molecular flexibility index (Phi) is 4.05. The first kappa shape index (κ1) is 15.1. The zero-order chi connectivity index (χ0) is 15.6. The van der Waals surface area contributed by atoms with Crippen molar-refractivity contribution in [2.45, 2.75) is 6.36 Å². The molecular weight excluding hydrogens is 310 g/mol. The van der Waals surface area contributed by atoms with Crippen LogP contribution in [0.4, 0.5) is 17.6 Å². The van der Waals surface area contributed by atoms with Gasteiger partial charge in [0.25, 0.3) is 0 Å². The highest BCUT2D eigenvalue weighted by molar-refractivity contribution is 6.33. The zero-order valence-corrected chi connectivity index (χ0v) is 11.0. The molecule has 0 heterocycles. The predicted octanol–water partition coefficient (Wildman–Crippen LogP) is 4.92. The standard InChI is InChI=1S/C14H6ClF4NO/c15-13-6-10(16)1-2-12(13)9-3-8(7-20)4-11(5-9)21-14(17,18)19/h1-6H. The van der Waals surface area contributed by atoms with Gasteiger partial charge in [-0.3, -0.25) is 0 Å². The van der Waals surface area contributed by atoms with Gasteiger partial charge in [-0.15, -0.1) is 13.2 Å². The fraction of sp³-hybridized carbons (Fsp3) is 0.0714. The number of benzene rings is 2. The molecule has 108 valence electrons. The van der Waals surface area contributed by atoms with E-state index in [-0.39, 0.29) is 16.1 Å². The van der Waals surface area contributed by atoms with Crippen molar-refractivity contribution in [1.29, 1.82) is 5.26 Å². The average molecular weight is 316 g/mol. The van der Waals surface area contributed by atoms with Crippen LogP contribution < -0.4 is 4.74 Å². The van der Waals surface area contributed by atoms with E-state index in [1.54, 1.807) is 6.07 Å². The fourth-order valence-electron chi connectivity index (χ4n) is 1.74. The summed E-state index contributed by atoms with van der Waals surface area (Å²) in [4.78, 5) is 0. The number of ether oxygens (including phenoxy) is 1. The third-order valence-electron chi connectivity index (χ3n) is 2.51. The minimum atomic E-state index is -4.88. The van der Waals surface area contributed by atoms with Gasteiger partial charge in [-0.2, -0.15) is 5.26 Å². The normalized spacial score (nSPS) is 11.0. The Labute approximate surface area is 122 Å². The van der Waals surface area contributed by atoms with Gasteiger partial charge in [0.1, 0.15) is 11.6 Å². The second kappa shape index (κ2) is 5.62. The van der Waals surface area contributed by atoms with E-state index in [4.69, 9.17) is 16.9 Å². The van der Waals surface area contributed by atoms with Crippen LogP contribution in [0.5, 0.6) is 5.75 Å². The molecule has 2 aromatic rings. The molecule has 7 heteroatoms. The van der Waals surface area contributed by atoms with Gasteiger partial charge < -0.3 is 4.74 Å². The molecule has 0 spiro atoms. The first-order valence-electron chi connectivity index (χ1n) is 5.55. The molecule has 0 saturated heterocycles. The van der Waals surface area contributed by atoms with E-state index in [2.05, 4.69) is 4.74 Å². The number of rotatable bonds is 2. The van der Waals surface area contributed by atoms with Crippen molar-refractivity contribution in [3.8, 4) is 22.9 Å². The maximum Gasteiger partial charge on any atom is 0.573 e. The average Bonchev–Trinajstić information content (AvgIpc) is 2.36. The van der Waals surface area contributed by atoms with Crippen LogP contribution >= 0.6 is 11.6 Å². The second-order valence-corrected chi connectivity index (χ2v) is 4.44. The summed E-state index contributed by atoms with van der Waals surface area (Å²) in [5.74, 6) is -1.12. The molecule has 2 nitrogen and oxygen atoms in total. The molecule has 2 rings (SSSR count). The third-order valence-corrected chi connectivity index (χ3v) is 2.82. The van der Waals surface area contributed by atoms with Crippen LogP contribution in [-0.4, -0.2) is 6.36 Å². The van der Waals surface area contributed by atoms with Gasteiger partial charge in [-0.25, -0.2) is 4.39 Å². The molecule has 0 bridgehead atoms. The summed E-state index contributed by atoms with van der Waals surface area (Å²) in [6.45, 7) is 0. The highest BCUT2D eigenvalue weighted by Gasteiger charge is 2.31. The van der Waals surface area contributed by atoms with E-state index < -0.39 is 17.9 Å². The van der Waals surface area contributed by atoms with E-state index in [0.717, 1.165) is 24.3 Å². The van der Waals surface area contributed by atoms with Gasteiger partial charge in [-0.05, 0) is 42.0 Å². The number of hydrogen-bond acceptors (Lipinski definition) is 2. The summed E-state index contributed by atoms with van der Waals surface area (Å²) in [6, 6.07) is 8.55. The monoisotopic (exact) mass is 315 g/mol. The number of halogens is 5. The molecular formula is C14H6ClF4NO. The molecule has 0 aliphatic heterocycles. The lowest BCUT2D eigenvalue weighted by molar-refractivity contribution is -0.274. The van der Waals surface area contributed by atoms with E-state index in [1.165, 1.54) is 12.1 Å². The van der Waals surface area contributed by atoms with E-state index in [1.807, 2.05) is 0 Å². The van der Waals surface area contributed by atoms with Gasteiger partial charge in [-0.1, -0.05) is 11.6 Å². The van der Waals surface area contributed by atoms with E-state index in [9.17, 15) is 17.6 Å². The number of hydrogen-bond donors (Lipinski definition) is 0. The van der Waals surface area contributed by atoms with Crippen molar-refractivity contribution in [3.05, 3.63) is 52.8 Å². The highest BCUT2D eigenvalue weighted by atomic mass is 35.5. The lowest BCUT2D eigenvalue weighted by Crippen LogP contribution is -2.17. The lowest BCUT2D eigenvalue weighted by Gasteiger charge is -2.11. The molecule has 21 heavy (non-hydrogen) atoms. The van der Waals surface area contributed by atoms with Gasteiger partial charge in [0.2, 0.25) is 0 Å². The highest BCUT2D eigenvalue weighted by Crippen LogP contribution is 2.33. The SMILES string of the molecule is N#Cc1cc(OC(F)(F)F)cc(-c2ccc(F)cc2Cl)c1. The van der Waals surface area contributed by atoms with Crippen molar-refractivity contribution in [2.75, 3.05) is 0 Å². The van der Waals surface area contributed by atoms with E-state index in [0.29, 0.717) is 5.56 Å². The summed E-state index contributed by atoms with van der Waals surface area (Å²) >= 11 is 5.86. The maximum absolute atomic E-state index is 13.0. The van der Waals surface area contributed by atoms with Crippen LogP contribution in [-0.2, 0) is 0 Å². The van der Waals surface area contributed by atoms with Crippen molar-refractivity contribution in [1.82, 2.24) is 0 Å². The van der Waals surface area contributed by atoms with Crippen molar-refractivity contribution >= 4 is 11.6 Å². The van der Waals surface area contributed by atoms with Gasteiger partial charge >= 0.3 is 6.36 Å². The number of nitriles is 1. The summed E-state index contributed by atoms with van der Waals surface area (Å²) in [5.41, 5.74) is 0.479. The molecule has 0 unspecified atom stereocenters. The summed E-state index contributed by atoms with van der Waals surface area (Å²) in [7, 11) is 0. The molecule has 2 aromatic carbocycles. The van der Waals surface area contributed by atoms with Crippen molar-refractivity contribution in [2.24, 2.45) is 0 Å². The van der Waals surface area contributed by atoms with E-state index >= 15 is 0 Å². The van der Waals surface area contributed by atoms with Crippen LogP contribution in [0.15, 0.2) is 36.4 Å². The Hall–Kier alpha value is -2.26. The fourth-order valence-corrected chi connectivity index (χ4v) is 2.01. The van der Waals surface area contributed by atoms with Crippen LogP contribution in [0.3, 0.4) is 0 Å². The van der Waals surface area contributed by atoms with Gasteiger partial charge in [0.15, 0.2) is 0 Å². The number of alkyl halides is 3. The summed E-state index contributed by atoms with van der Waals surface area (Å²) < 4.78 is 53.6. The first-order valence-corrected chi connectivity index (χ1v) is 5.92. The quantitative estimate of drug-likeness (QED) is 0.737. The molecule has 0 atom stereocenters. The molecule has 0 N–H and O–H groups in total. The molecule has 0 aliphatic carbocycles. The Morgan fingerprint density at radius 3 is 2.38 bits per heavy atom. The molecule has 0 aliphatic rings. The van der Waals surface area contributed by atoms with Gasteiger partial charge in [0, 0.05) is 5.56 Å². The lowest BCUT2D eigenvalue weighted by atomic mass is 10.0. The summed E-state index contributed by atoms with van der Waals surface area (Å²) in [6.07, 6.45) is -4.88. The van der Waals surface area contributed by atoms with Crippen molar-refractivity contribution in [3.63, 3.8) is 0 Å². The molecule has 0 amide bonds. The second-order valence-electron chi connectivity index (χ2n) is 4.03. The zero-order valence-electron chi connectivity index (χ0n) is 10.2. The Morgan fingerprint density at radius 2 is 1.81 bits per heavy atom. The van der Waals surface area contributed by atoms with Crippen LogP contribution in [0.1, 0.15) is 5.56 Å². The third kappa shape index (κ3) is 3.86. The molecule has 0 radical (unpaired) electrons. The molecule has 0 saturated carbocycles. The maximum atomic E-state index is 13.0. The largest absolute Gasteiger partial charge is 0.573 e. The molecule has 0 aromatic heterocycles. The van der Waals surface area contributed by atoms with Crippen LogP contribution in [0, 0.1) is 17.1 Å².